The van der Waals surface area contributed by atoms with Gasteiger partial charge >= 0.3 is 0 Å². The molecule has 596 valence electrons. The molecule has 0 fully saturated rings. The number of halogens is 1. The van der Waals surface area contributed by atoms with Crippen molar-refractivity contribution in [3.8, 4) is 96.8 Å². The number of aromatic nitrogens is 12. The minimum atomic E-state index is 0.634. The van der Waals surface area contributed by atoms with E-state index in [1.54, 1.807) is 0 Å². The zero-order valence-corrected chi connectivity index (χ0v) is 70.0. The van der Waals surface area contributed by atoms with Crippen LogP contribution in [0.2, 0.25) is 0 Å². The molecule has 0 aliphatic carbocycles. The lowest BCUT2D eigenvalue weighted by molar-refractivity contribution is 1.07. The first-order chi connectivity index (χ1) is 62.9. The highest BCUT2D eigenvalue weighted by molar-refractivity contribution is 9.10. The summed E-state index contributed by atoms with van der Waals surface area (Å²) >= 11 is 3.47. The van der Waals surface area contributed by atoms with Crippen molar-refractivity contribution in [3.63, 3.8) is 0 Å². The standard InChI is InChI=1S/C57H36N6.C36H23N3.C21H14BrN3/c1-3-15-37(16-4-1)55-58-56(38-17-5-2-6-18-38)60-57(59-55)39-27-29-40(30-28-39)61-51-25-13-9-21-45(51)47-36-42(31-33-53(47)61)63-52-26-14-10-22-46(52)48-35-41(32-34-54(48)63)62-49-23-11-7-19-43(49)44-20-8-12-24-50(44)62;1-5-13-31-25(9-1)29-21-23(17-19-32(29)37-31)39-35-16-8-4-12-28(35)30-22-24(18-20-36(30)39)38-33-14-6-2-10-26(33)27-11-3-7-15-34(27)38;22-18-13-11-17(12-14-18)21-24-19(15-7-3-1-4-8-15)23-20(25-21)16-9-5-2-6-10-16/h1-36H;1-22,37H;1-14H. The van der Waals surface area contributed by atoms with Crippen LogP contribution < -0.4 is 0 Å². The molecule has 0 spiro atoms. The summed E-state index contributed by atoms with van der Waals surface area (Å²) in [7, 11) is 0. The van der Waals surface area contributed by atoms with Gasteiger partial charge in [-0.2, -0.15) is 0 Å². The Morgan fingerprint density at radius 2 is 0.362 bits per heavy atom. The Labute approximate surface area is 737 Å². The fraction of sp³-hybridized carbons (Fsp3) is 0. The molecule has 26 aromatic rings. The van der Waals surface area contributed by atoms with Gasteiger partial charge in [0.25, 0.3) is 0 Å². The molecule has 0 atom stereocenters. The van der Waals surface area contributed by atoms with E-state index < -0.39 is 0 Å². The average Bonchev–Trinajstić information content (AvgIpc) is 1.57. The molecule has 0 amide bonds. The number of nitrogens with zero attached hydrogens (tertiary/aromatic N) is 11. The van der Waals surface area contributed by atoms with E-state index in [4.69, 9.17) is 24.9 Å². The Kier molecular flexibility index (Phi) is 18.1. The Hall–Kier alpha value is -16.7. The van der Waals surface area contributed by atoms with Gasteiger partial charge in [0, 0.05) is 142 Å². The van der Waals surface area contributed by atoms with Crippen molar-refractivity contribution in [1.82, 2.24) is 57.7 Å². The summed E-state index contributed by atoms with van der Waals surface area (Å²) in [5.41, 5.74) is 25.7. The predicted octanol–water partition coefficient (Wildman–Crippen LogP) is 29.3. The Balaban J connectivity index is 0.000000119. The van der Waals surface area contributed by atoms with Gasteiger partial charge in [-0.1, -0.05) is 295 Å². The van der Waals surface area contributed by atoms with Crippen LogP contribution in [0.15, 0.2) is 441 Å². The molecule has 0 bridgehead atoms. The number of aromatic amines is 1. The second-order valence-corrected chi connectivity index (χ2v) is 32.8. The zero-order valence-electron chi connectivity index (χ0n) is 68.4. The first-order valence-electron chi connectivity index (χ1n) is 42.6. The molecule has 0 aliphatic rings. The van der Waals surface area contributed by atoms with Crippen LogP contribution in [0, 0.1) is 0 Å². The molecule has 0 saturated carbocycles. The van der Waals surface area contributed by atoms with Crippen molar-refractivity contribution in [2.24, 2.45) is 0 Å². The highest BCUT2D eigenvalue weighted by Crippen LogP contribution is 2.43. The normalized spacial score (nSPS) is 11.7. The smallest absolute Gasteiger partial charge is 0.164 e. The number of hydrogen-bond acceptors (Lipinski definition) is 6. The Bertz CT molecular complexity index is 8550. The largest absolute Gasteiger partial charge is 0.355 e. The van der Waals surface area contributed by atoms with E-state index in [9.17, 15) is 0 Å². The van der Waals surface area contributed by atoms with Crippen molar-refractivity contribution in [3.05, 3.63) is 441 Å². The molecule has 1 N–H and O–H groups in total. The molecule has 8 aromatic heterocycles. The maximum absolute atomic E-state index is 4.98. The SMILES string of the molecule is Brc1ccc(-c2nc(-c3ccccc3)nc(-c3ccccc3)n2)cc1.c1ccc(-c2nc(-c3ccccc3)nc(-c3ccc(-n4c5ccccc5c5cc(-n6c7ccccc7c7cc(-n8c9ccccc9c9ccccc98)ccc76)ccc54)cc3)n2)cc1.c1ccc2c(c1)[nH]c1ccc(-n3c4ccccc4c4cc(-n5c6ccccc6c6ccccc65)ccc43)cc12. The van der Waals surface area contributed by atoms with E-state index in [1.165, 1.54) is 126 Å². The summed E-state index contributed by atoms with van der Waals surface area (Å²) in [5.74, 6) is 3.94. The number of benzene rings is 18. The van der Waals surface area contributed by atoms with Crippen molar-refractivity contribution < 1.29 is 0 Å². The van der Waals surface area contributed by atoms with E-state index in [2.05, 4.69) is 340 Å². The highest BCUT2D eigenvalue weighted by Gasteiger charge is 2.23. The second kappa shape index (κ2) is 31.0. The zero-order chi connectivity index (χ0) is 84.0. The van der Waals surface area contributed by atoms with E-state index in [1.807, 2.05) is 146 Å². The van der Waals surface area contributed by atoms with E-state index >= 15 is 0 Å². The van der Waals surface area contributed by atoms with Gasteiger partial charge < -0.3 is 27.8 Å². The van der Waals surface area contributed by atoms with Gasteiger partial charge in [-0.3, -0.25) is 0 Å². The van der Waals surface area contributed by atoms with Gasteiger partial charge in [-0.05, 0) is 158 Å². The third-order valence-electron chi connectivity index (χ3n) is 24.5. The molecule has 0 radical (unpaired) electrons. The average molecular weight is 1690 g/mol. The fourth-order valence-electron chi connectivity index (χ4n) is 18.7. The molecule has 26 rings (SSSR count). The highest BCUT2D eigenvalue weighted by atomic mass is 79.9. The summed E-state index contributed by atoms with van der Waals surface area (Å²) in [5, 5.41) is 14.9. The maximum Gasteiger partial charge on any atom is 0.164 e. The summed E-state index contributed by atoms with van der Waals surface area (Å²) < 4.78 is 13.0. The lowest BCUT2D eigenvalue weighted by Gasteiger charge is -2.12. The lowest BCUT2D eigenvalue weighted by atomic mass is 10.1. The molecule has 18 aromatic carbocycles. The second-order valence-electron chi connectivity index (χ2n) is 31.9. The van der Waals surface area contributed by atoms with Gasteiger partial charge in [0.1, 0.15) is 0 Å². The van der Waals surface area contributed by atoms with Crippen LogP contribution in [0.1, 0.15) is 0 Å². The Morgan fingerprint density at radius 1 is 0.157 bits per heavy atom. The van der Waals surface area contributed by atoms with Crippen molar-refractivity contribution in [2.75, 3.05) is 0 Å². The number of fused-ring (bicyclic) bond motifs is 18. The van der Waals surface area contributed by atoms with Crippen LogP contribution in [0.25, 0.3) is 228 Å². The molecular formula is C114H73BrN12. The number of rotatable bonds is 11. The van der Waals surface area contributed by atoms with Gasteiger partial charge in [-0.25, -0.2) is 29.9 Å². The number of H-pyrrole nitrogens is 1. The predicted molar refractivity (Wildman–Crippen MR) is 527 cm³/mol. The van der Waals surface area contributed by atoms with Gasteiger partial charge in [-0.15, -0.1) is 0 Å². The first kappa shape index (κ1) is 74.1. The quantitative estimate of drug-likeness (QED) is 0.138. The van der Waals surface area contributed by atoms with Gasteiger partial charge in [0.15, 0.2) is 34.9 Å². The lowest BCUT2D eigenvalue weighted by Crippen LogP contribution is -2.00. The van der Waals surface area contributed by atoms with Crippen LogP contribution in [0.4, 0.5) is 0 Å². The van der Waals surface area contributed by atoms with Crippen LogP contribution in [-0.2, 0) is 0 Å². The third kappa shape index (κ3) is 13.0. The Morgan fingerprint density at radius 3 is 0.669 bits per heavy atom. The molecular weight excluding hydrogens is 1620 g/mol. The minimum Gasteiger partial charge on any atom is -0.355 e. The van der Waals surface area contributed by atoms with E-state index in [0.29, 0.717) is 34.9 Å². The number of hydrogen-bond donors (Lipinski definition) is 1. The van der Waals surface area contributed by atoms with E-state index in [-0.39, 0.29) is 0 Å². The summed E-state index contributed by atoms with van der Waals surface area (Å²) in [6.45, 7) is 0. The third-order valence-corrected chi connectivity index (χ3v) is 25.1. The van der Waals surface area contributed by atoms with Crippen LogP contribution in [0.5, 0.6) is 0 Å². The van der Waals surface area contributed by atoms with Crippen molar-refractivity contribution in [1.29, 1.82) is 0 Å². The minimum absolute atomic E-state index is 0.634. The first-order valence-corrected chi connectivity index (χ1v) is 43.4. The van der Waals surface area contributed by atoms with Crippen LogP contribution >= 0.6 is 15.9 Å². The van der Waals surface area contributed by atoms with Crippen molar-refractivity contribution >= 4 is 147 Å². The topological polar surface area (TPSA) is 118 Å². The summed E-state index contributed by atoms with van der Waals surface area (Å²) in [6, 6.07) is 154. The molecule has 0 aliphatic heterocycles. The molecule has 127 heavy (non-hydrogen) atoms. The van der Waals surface area contributed by atoms with E-state index in [0.717, 1.165) is 71.5 Å². The molecule has 0 unspecified atom stereocenters. The summed E-state index contributed by atoms with van der Waals surface area (Å²) in [6.07, 6.45) is 0. The summed E-state index contributed by atoms with van der Waals surface area (Å²) in [4.78, 5) is 32.5. The molecule has 12 nitrogen and oxygen atoms in total. The van der Waals surface area contributed by atoms with Crippen molar-refractivity contribution in [2.45, 2.75) is 0 Å². The van der Waals surface area contributed by atoms with Gasteiger partial charge in [0.05, 0.1) is 55.2 Å². The number of para-hydroxylation sites is 8. The molecule has 0 saturated heterocycles. The monoisotopic (exact) mass is 1690 g/mol. The number of nitrogens with one attached hydrogen (secondary N) is 1. The van der Waals surface area contributed by atoms with Crippen LogP contribution in [-0.4, -0.2) is 57.7 Å². The maximum atomic E-state index is 4.98. The molecule has 13 heteroatoms. The molecule has 8 heterocycles. The fourth-order valence-corrected chi connectivity index (χ4v) is 19.0. The van der Waals surface area contributed by atoms with Gasteiger partial charge in [0.2, 0.25) is 0 Å². The van der Waals surface area contributed by atoms with Crippen LogP contribution in [0.3, 0.4) is 0 Å².